The van der Waals surface area contributed by atoms with Crippen molar-refractivity contribution in [3.63, 3.8) is 0 Å². The molecule has 0 radical (unpaired) electrons. The Morgan fingerprint density at radius 1 is 1.22 bits per heavy atom. The Morgan fingerprint density at radius 3 is 2.61 bits per heavy atom. The van der Waals surface area contributed by atoms with E-state index in [1.807, 2.05) is 4.90 Å². The maximum Gasteiger partial charge on any atom is 0.225 e. The summed E-state index contributed by atoms with van der Waals surface area (Å²) < 4.78 is 5.59. The average Bonchev–Trinajstić information content (AvgIpc) is 3.24. The zero-order chi connectivity index (χ0) is 12.4. The molecule has 1 saturated carbocycles. The van der Waals surface area contributed by atoms with Gasteiger partial charge in [0.2, 0.25) is 5.91 Å². The third-order valence-electron chi connectivity index (χ3n) is 4.14. The van der Waals surface area contributed by atoms with E-state index in [4.69, 9.17) is 4.74 Å². The predicted molar refractivity (Wildman–Crippen MR) is 68.4 cm³/mol. The molecule has 0 aromatic rings. The number of morpholine rings is 1. The van der Waals surface area contributed by atoms with Gasteiger partial charge in [0, 0.05) is 45.3 Å². The molecule has 5 nitrogen and oxygen atoms in total. The zero-order valence-electron chi connectivity index (χ0n) is 10.9. The first-order chi connectivity index (χ1) is 8.83. The van der Waals surface area contributed by atoms with Crippen LogP contribution in [0, 0.1) is 0 Å². The van der Waals surface area contributed by atoms with Gasteiger partial charge in [0.15, 0.2) is 0 Å². The highest BCUT2D eigenvalue weighted by atomic mass is 16.5. The Hall–Kier alpha value is -0.650. The molecule has 0 aromatic heterocycles. The highest BCUT2D eigenvalue weighted by Gasteiger charge is 2.32. The summed E-state index contributed by atoms with van der Waals surface area (Å²) >= 11 is 0. The first-order valence-corrected chi connectivity index (χ1v) is 7.17. The van der Waals surface area contributed by atoms with Crippen LogP contribution in [0.4, 0.5) is 0 Å². The van der Waals surface area contributed by atoms with E-state index in [1.54, 1.807) is 0 Å². The van der Waals surface area contributed by atoms with E-state index < -0.39 is 0 Å². The number of piperazine rings is 1. The summed E-state index contributed by atoms with van der Waals surface area (Å²) in [4.78, 5) is 16.7. The van der Waals surface area contributed by atoms with Crippen molar-refractivity contribution in [2.24, 2.45) is 0 Å². The third-order valence-corrected chi connectivity index (χ3v) is 4.14. The quantitative estimate of drug-likeness (QED) is 0.748. The second kappa shape index (κ2) is 5.55. The SMILES string of the molecule is O=C(CC1CNCCO1)N1CCN(C2CC2)CC1. The molecular formula is C13H23N3O2. The zero-order valence-corrected chi connectivity index (χ0v) is 10.9. The fourth-order valence-electron chi connectivity index (χ4n) is 2.85. The molecule has 0 spiro atoms. The first kappa shape index (κ1) is 12.4. The summed E-state index contributed by atoms with van der Waals surface area (Å²) in [7, 11) is 0. The van der Waals surface area contributed by atoms with E-state index in [2.05, 4.69) is 10.2 Å². The van der Waals surface area contributed by atoms with Crippen LogP contribution in [0.3, 0.4) is 0 Å². The largest absolute Gasteiger partial charge is 0.375 e. The molecule has 3 fully saturated rings. The summed E-state index contributed by atoms with van der Waals surface area (Å²) in [6, 6.07) is 0.827. The van der Waals surface area contributed by atoms with Crippen LogP contribution in [-0.2, 0) is 9.53 Å². The minimum Gasteiger partial charge on any atom is -0.375 e. The number of rotatable bonds is 3. The monoisotopic (exact) mass is 253 g/mol. The van der Waals surface area contributed by atoms with Gasteiger partial charge in [-0.3, -0.25) is 9.69 Å². The molecular weight excluding hydrogens is 230 g/mol. The van der Waals surface area contributed by atoms with Crippen LogP contribution in [0.1, 0.15) is 19.3 Å². The number of ether oxygens (including phenoxy) is 1. The number of amides is 1. The number of hydrogen-bond donors (Lipinski definition) is 1. The van der Waals surface area contributed by atoms with E-state index >= 15 is 0 Å². The maximum absolute atomic E-state index is 12.2. The minimum atomic E-state index is 0.0766. The van der Waals surface area contributed by atoms with Crippen LogP contribution in [0.25, 0.3) is 0 Å². The average molecular weight is 253 g/mol. The Morgan fingerprint density at radius 2 is 2.00 bits per heavy atom. The van der Waals surface area contributed by atoms with E-state index in [1.165, 1.54) is 12.8 Å². The molecule has 2 saturated heterocycles. The van der Waals surface area contributed by atoms with Gasteiger partial charge in [-0.1, -0.05) is 0 Å². The van der Waals surface area contributed by atoms with Gasteiger partial charge < -0.3 is 15.0 Å². The second-order valence-corrected chi connectivity index (χ2v) is 5.55. The predicted octanol–water partition coefficient (Wildman–Crippen LogP) is -0.328. The molecule has 1 amide bonds. The van der Waals surface area contributed by atoms with Crippen molar-refractivity contribution in [3.8, 4) is 0 Å². The van der Waals surface area contributed by atoms with Crippen molar-refractivity contribution in [2.45, 2.75) is 31.4 Å². The molecule has 1 N–H and O–H groups in total. The molecule has 1 atom stereocenters. The first-order valence-electron chi connectivity index (χ1n) is 7.17. The van der Waals surface area contributed by atoms with E-state index in [9.17, 15) is 4.79 Å². The molecule has 5 heteroatoms. The van der Waals surface area contributed by atoms with Gasteiger partial charge in [0.05, 0.1) is 19.1 Å². The number of nitrogens with one attached hydrogen (secondary N) is 1. The molecule has 0 aromatic carbocycles. The van der Waals surface area contributed by atoms with Gasteiger partial charge in [0.1, 0.15) is 0 Å². The molecule has 18 heavy (non-hydrogen) atoms. The fourth-order valence-corrected chi connectivity index (χ4v) is 2.85. The summed E-state index contributed by atoms with van der Waals surface area (Å²) in [5.41, 5.74) is 0. The van der Waals surface area contributed by atoms with Crippen molar-refractivity contribution in [1.29, 1.82) is 0 Å². The van der Waals surface area contributed by atoms with Crippen molar-refractivity contribution in [1.82, 2.24) is 15.1 Å². The number of carbonyl (C=O) groups excluding carboxylic acids is 1. The Balaban J connectivity index is 1.42. The van der Waals surface area contributed by atoms with Crippen LogP contribution in [0.15, 0.2) is 0 Å². The highest BCUT2D eigenvalue weighted by Crippen LogP contribution is 2.27. The molecule has 2 heterocycles. The van der Waals surface area contributed by atoms with Crippen LogP contribution in [0.5, 0.6) is 0 Å². The maximum atomic E-state index is 12.2. The van der Waals surface area contributed by atoms with E-state index in [0.29, 0.717) is 6.42 Å². The number of carbonyl (C=O) groups is 1. The van der Waals surface area contributed by atoms with Crippen LogP contribution in [-0.4, -0.2) is 73.7 Å². The second-order valence-electron chi connectivity index (χ2n) is 5.55. The summed E-state index contributed by atoms with van der Waals surface area (Å²) in [5, 5.41) is 3.27. The molecule has 3 rings (SSSR count). The third kappa shape index (κ3) is 3.02. The summed E-state index contributed by atoms with van der Waals surface area (Å²) in [6.07, 6.45) is 3.33. The normalized spacial score (nSPS) is 30.4. The molecule has 1 aliphatic carbocycles. The molecule has 1 unspecified atom stereocenters. The van der Waals surface area contributed by atoms with Gasteiger partial charge in [-0.15, -0.1) is 0 Å². The molecule has 102 valence electrons. The van der Waals surface area contributed by atoms with Crippen molar-refractivity contribution in [3.05, 3.63) is 0 Å². The smallest absolute Gasteiger partial charge is 0.225 e. The minimum absolute atomic E-state index is 0.0766. The van der Waals surface area contributed by atoms with Gasteiger partial charge in [-0.05, 0) is 12.8 Å². The topological polar surface area (TPSA) is 44.8 Å². The molecule has 0 bridgehead atoms. The molecule has 2 aliphatic heterocycles. The van der Waals surface area contributed by atoms with Gasteiger partial charge in [-0.25, -0.2) is 0 Å². The lowest BCUT2D eigenvalue weighted by molar-refractivity contribution is -0.136. The Kier molecular flexibility index (Phi) is 3.82. The number of hydrogen-bond acceptors (Lipinski definition) is 4. The number of nitrogens with zero attached hydrogens (tertiary/aromatic N) is 2. The van der Waals surface area contributed by atoms with E-state index in [-0.39, 0.29) is 12.0 Å². The van der Waals surface area contributed by atoms with Gasteiger partial charge >= 0.3 is 0 Å². The Bertz CT molecular complexity index is 293. The van der Waals surface area contributed by atoms with Crippen molar-refractivity contribution < 1.29 is 9.53 Å². The Labute approximate surface area is 108 Å². The van der Waals surface area contributed by atoms with Crippen LogP contribution in [0.2, 0.25) is 0 Å². The van der Waals surface area contributed by atoms with Gasteiger partial charge in [0.25, 0.3) is 0 Å². The van der Waals surface area contributed by atoms with Gasteiger partial charge in [-0.2, -0.15) is 0 Å². The highest BCUT2D eigenvalue weighted by molar-refractivity contribution is 5.76. The summed E-state index contributed by atoms with van der Waals surface area (Å²) in [5.74, 6) is 0.263. The molecule has 3 aliphatic rings. The van der Waals surface area contributed by atoms with E-state index in [0.717, 1.165) is 51.9 Å². The van der Waals surface area contributed by atoms with Crippen LogP contribution < -0.4 is 5.32 Å². The summed E-state index contributed by atoms with van der Waals surface area (Å²) in [6.45, 7) is 6.36. The fraction of sp³-hybridized carbons (Fsp3) is 0.923. The van der Waals surface area contributed by atoms with Crippen molar-refractivity contribution >= 4 is 5.91 Å². The lowest BCUT2D eigenvalue weighted by Gasteiger charge is -2.35. The lowest BCUT2D eigenvalue weighted by atomic mass is 10.2. The van der Waals surface area contributed by atoms with Crippen molar-refractivity contribution in [2.75, 3.05) is 45.9 Å². The standard InChI is InChI=1S/C13H23N3O2/c17-13(9-12-10-14-3-8-18-12)16-6-4-15(5-7-16)11-1-2-11/h11-12,14H,1-10H2. The van der Waals surface area contributed by atoms with Crippen LogP contribution >= 0.6 is 0 Å². The lowest BCUT2D eigenvalue weighted by Crippen LogP contribution is -2.50.